The van der Waals surface area contributed by atoms with Crippen LogP contribution in [-0.2, 0) is 12.8 Å². The van der Waals surface area contributed by atoms with Gasteiger partial charge in [-0.25, -0.2) is 13.2 Å². The highest BCUT2D eigenvalue weighted by atomic mass is 19.2. The minimum atomic E-state index is -0.991. The van der Waals surface area contributed by atoms with Crippen molar-refractivity contribution in [3.05, 3.63) is 88.5 Å². The maximum absolute atomic E-state index is 14.6. The van der Waals surface area contributed by atoms with Gasteiger partial charge in [0.1, 0.15) is 0 Å². The number of benzene rings is 3. The molecule has 0 amide bonds. The Morgan fingerprint density at radius 2 is 1.45 bits per heavy atom. The molecule has 5 heteroatoms. The molecule has 0 aromatic heterocycles. The highest BCUT2D eigenvalue weighted by Crippen LogP contribution is 2.30. The predicted molar refractivity (Wildman–Crippen MR) is 115 cm³/mol. The zero-order chi connectivity index (χ0) is 22.4. The molecule has 0 atom stereocenters. The summed E-state index contributed by atoms with van der Waals surface area (Å²) in [6.45, 7) is 3.93. The zero-order valence-electron chi connectivity index (χ0n) is 17.8. The molecular weight excluding hydrogens is 404 g/mol. The Kier molecular flexibility index (Phi) is 7.72. The first kappa shape index (κ1) is 22.9. The van der Waals surface area contributed by atoms with Crippen molar-refractivity contribution < 1.29 is 22.3 Å². The van der Waals surface area contributed by atoms with E-state index in [-0.39, 0.29) is 16.9 Å². The molecule has 3 aromatic carbocycles. The molecule has 0 aliphatic rings. The number of hydrogen-bond acceptors (Lipinski definition) is 1. The number of halogens is 4. The summed E-state index contributed by atoms with van der Waals surface area (Å²) in [5.74, 6) is -3.65. The van der Waals surface area contributed by atoms with Gasteiger partial charge in [-0.3, -0.25) is 0 Å². The van der Waals surface area contributed by atoms with Crippen LogP contribution in [0.4, 0.5) is 17.6 Å². The molecule has 3 aromatic rings. The van der Waals surface area contributed by atoms with E-state index in [4.69, 9.17) is 4.74 Å². The molecule has 0 saturated heterocycles. The van der Waals surface area contributed by atoms with Gasteiger partial charge in [-0.15, -0.1) is 0 Å². The van der Waals surface area contributed by atoms with E-state index >= 15 is 0 Å². The smallest absolute Gasteiger partial charge is 0.201 e. The predicted octanol–water partition coefficient (Wildman–Crippen LogP) is 7.57. The monoisotopic (exact) mass is 430 g/mol. The van der Waals surface area contributed by atoms with Crippen LogP contribution in [0.3, 0.4) is 0 Å². The van der Waals surface area contributed by atoms with E-state index in [0.29, 0.717) is 30.6 Å². The number of aryl methyl sites for hydroxylation is 3. The molecule has 0 unspecified atom stereocenters. The summed E-state index contributed by atoms with van der Waals surface area (Å²) >= 11 is 0. The van der Waals surface area contributed by atoms with E-state index in [2.05, 4.69) is 6.92 Å². The van der Waals surface area contributed by atoms with Gasteiger partial charge in [-0.2, -0.15) is 4.39 Å². The molecular formula is C26H26F4O. The number of unbranched alkanes of at least 4 members (excludes halogenated alkanes) is 2. The lowest BCUT2D eigenvalue weighted by Gasteiger charge is -2.11. The molecule has 0 heterocycles. The minimum absolute atomic E-state index is 0.0821. The maximum Gasteiger partial charge on any atom is 0.201 e. The second-order valence-electron chi connectivity index (χ2n) is 7.66. The van der Waals surface area contributed by atoms with Gasteiger partial charge in [0, 0.05) is 5.56 Å². The average Bonchev–Trinajstić information content (AvgIpc) is 2.78. The van der Waals surface area contributed by atoms with Crippen molar-refractivity contribution in [2.45, 2.75) is 46.0 Å². The van der Waals surface area contributed by atoms with Gasteiger partial charge < -0.3 is 4.74 Å². The first-order chi connectivity index (χ1) is 14.9. The second kappa shape index (κ2) is 10.5. The second-order valence-corrected chi connectivity index (χ2v) is 7.66. The Labute approximate surface area is 180 Å². The van der Waals surface area contributed by atoms with Crippen LogP contribution in [0.15, 0.2) is 48.5 Å². The third kappa shape index (κ3) is 5.46. The summed E-state index contributed by atoms with van der Waals surface area (Å²) in [4.78, 5) is 0. The molecule has 0 saturated carbocycles. The fourth-order valence-electron chi connectivity index (χ4n) is 3.41. The first-order valence-corrected chi connectivity index (χ1v) is 10.6. The highest BCUT2D eigenvalue weighted by Gasteiger charge is 2.16. The first-order valence-electron chi connectivity index (χ1n) is 10.6. The Hall–Kier alpha value is -2.82. The Balaban J connectivity index is 1.68. The van der Waals surface area contributed by atoms with E-state index < -0.39 is 23.3 Å². The lowest BCUT2D eigenvalue weighted by atomic mass is 9.99. The normalized spacial score (nSPS) is 11.0. The molecule has 0 aliphatic carbocycles. The third-order valence-corrected chi connectivity index (χ3v) is 5.36. The van der Waals surface area contributed by atoms with Gasteiger partial charge >= 0.3 is 0 Å². The highest BCUT2D eigenvalue weighted by molar-refractivity contribution is 5.65. The van der Waals surface area contributed by atoms with Crippen LogP contribution in [0.2, 0.25) is 0 Å². The topological polar surface area (TPSA) is 9.23 Å². The summed E-state index contributed by atoms with van der Waals surface area (Å²) in [6.07, 6.45) is 3.63. The largest absolute Gasteiger partial charge is 0.490 e. The van der Waals surface area contributed by atoms with Crippen molar-refractivity contribution in [3.8, 4) is 16.9 Å². The molecule has 3 rings (SSSR count). The van der Waals surface area contributed by atoms with Gasteiger partial charge in [0.05, 0.1) is 6.61 Å². The van der Waals surface area contributed by atoms with Gasteiger partial charge in [0.25, 0.3) is 0 Å². The van der Waals surface area contributed by atoms with Crippen LogP contribution in [-0.4, -0.2) is 6.61 Å². The van der Waals surface area contributed by atoms with Crippen molar-refractivity contribution in [1.29, 1.82) is 0 Å². The number of rotatable bonds is 9. The lowest BCUT2D eigenvalue weighted by molar-refractivity contribution is 0.286. The Bertz CT molecular complexity index is 1030. The molecule has 0 bridgehead atoms. The van der Waals surface area contributed by atoms with Crippen LogP contribution in [0.1, 0.15) is 42.9 Å². The van der Waals surface area contributed by atoms with Crippen molar-refractivity contribution in [3.63, 3.8) is 0 Å². The van der Waals surface area contributed by atoms with E-state index in [1.165, 1.54) is 19.1 Å². The summed E-state index contributed by atoms with van der Waals surface area (Å²) < 4.78 is 62.0. The molecule has 164 valence electrons. The van der Waals surface area contributed by atoms with E-state index in [1.807, 2.05) is 0 Å². The van der Waals surface area contributed by atoms with Crippen molar-refractivity contribution >= 4 is 0 Å². The molecule has 31 heavy (non-hydrogen) atoms. The summed E-state index contributed by atoms with van der Waals surface area (Å²) in [5.41, 5.74) is 2.16. The van der Waals surface area contributed by atoms with Crippen LogP contribution < -0.4 is 4.74 Å². The summed E-state index contributed by atoms with van der Waals surface area (Å²) in [7, 11) is 0. The molecule has 0 N–H and O–H groups in total. The van der Waals surface area contributed by atoms with E-state index in [0.717, 1.165) is 24.8 Å². The fourth-order valence-corrected chi connectivity index (χ4v) is 3.41. The van der Waals surface area contributed by atoms with Gasteiger partial charge in [0.2, 0.25) is 5.82 Å². The van der Waals surface area contributed by atoms with Crippen molar-refractivity contribution in [2.75, 3.05) is 6.61 Å². The minimum Gasteiger partial charge on any atom is -0.490 e. The van der Waals surface area contributed by atoms with Gasteiger partial charge in [0.15, 0.2) is 23.2 Å². The molecule has 0 fully saturated rings. The SMILES string of the molecule is CCCCCOc1ccc(-c2ccc(CCc3ccc(C)c(F)c3F)cc2)c(F)c1F. The lowest BCUT2D eigenvalue weighted by Crippen LogP contribution is -2.01. The standard InChI is InChI=1S/C26H26F4O/c1-3-4-5-16-31-22-15-14-21(25(29)26(22)30)19-11-7-18(8-12-19)9-13-20-10-6-17(2)23(27)24(20)28/h6-8,10-12,14-15H,3-5,9,13,16H2,1-2H3. The van der Waals surface area contributed by atoms with Gasteiger partial charge in [-0.1, -0.05) is 56.2 Å². The van der Waals surface area contributed by atoms with Crippen LogP contribution in [0.25, 0.3) is 11.1 Å². The molecule has 1 nitrogen and oxygen atoms in total. The molecule has 0 radical (unpaired) electrons. The van der Waals surface area contributed by atoms with Crippen LogP contribution in [0.5, 0.6) is 5.75 Å². The maximum atomic E-state index is 14.6. The summed E-state index contributed by atoms with van der Waals surface area (Å²) in [6, 6.07) is 13.1. The quantitative estimate of drug-likeness (QED) is 0.251. The molecule has 0 spiro atoms. The van der Waals surface area contributed by atoms with Crippen molar-refractivity contribution in [1.82, 2.24) is 0 Å². The van der Waals surface area contributed by atoms with E-state index in [1.54, 1.807) is 36.4 Å². The van der Waals surface area contributed by atoms with E-state index in [9.17, 15) is 17.6 Å². The Morgan fingerprint density at radius 3 is 2.16 bits per heavy atom. The van der Waals surface area contributed by atoms with Crippen molar-refractivity contribution in [2.24, 2.45) is 0 Å². The number of ether oxygens (including phenoxy) is 1. The van der Waals surface area contributed by atoms with Gasteiger partial charge in [-0.05, 0) is 60.6 Å². The number of hydrogen-bond donors (Lipinski definition) is 0. The van der Waals surface area contributed by atoms with Crippen LogP contribution >= 0.6 is 0 Å². The third-order valence-electron chi connectivity index (χ3n) is 5.36. The Morgan fingerprint density at radius 1 is 0.710 bits per heavy atom. The molecule has 0 aliphatic heterocycles. The summed E-state index contributed by atoms with van der Waals surface area (Å²) in [5, 5.41) is 0. The zero-order valence-corrected chi connectivity index (χ0v) is 17.8. The average molecular weight is 430 g/mol. The fraction of sp³-hybridized carbons (Fsp3) is 0.308. The van der Waals surface area contributed by atoms with Crippen LogP contribution in [0, 0.1) is 30.2 Å².